The van der Waals surface area contributed by atoms with E-state index in [2.05, 4.69) is 27.2 Å². The van der Waals surface area contributed by atoms with Gasteiger partial charge in [0.15, 0.2) is 0 Å². The number of hydrogen-bond acceptors (Lipinski definition) is 4. The molecule has 6 heteroatoms. The Morgan fingerprint density at radius 2 is 2.21 bits per heavy atom. The number of benzene rings is 1. The largest absolute Gasteiger partial charge is 0.347 e. The highest BCUT2D eigenvalue weighted by molar-refractivity contribution is 6.31. The molecule has 1 N–H and O–H groups in total. The number of nitrogens with one attached hydrogen (secondary N) is 1. The summed E-state index contributed by atoms with van der Waals surface area (Å²) in [6, 6.07) is 7.46. The van der Waals surface area contributed by atoms with E-state index in [-0.39, 0.29) is 5.91 Å². The summed E-state index contributed by atoms with van der Waals surface area (Å²) in [6.07, 6.45) is 5.52. The van der Waals surface area contributed by atoms with Gasteiger partial charge in [0.2, 0.25) is 0 Å². The van der Waals surface area contributed by atoms with Crippen molar-refractivity contribution < 1.29 is 4.79 Å². The summed E-state index contributed by atoms with van der Waals surface area (Å²) in [4.78, 5) is 23.4. The molecule has 1 aliphatic heterocycles. The predicted molar refractivity (Wildman–Crippen MR) is 94.1 cm³/mol. The van der Waals surface area contributed by atoms with Crippen LogP contribution in [-0.2, 0) is 6.54 Å². The number of nitrogens with zero attached hydrogens (tertiary/aromatic N) is 3. The van der Waals surface area contributed by atoms with Crippen molar-refractivity contribution in [1.82, 2.24) is 20.2 Å². The molecule has 2 heterocycles. The van der Waals surface area contributed by atoms with Gasteiger partial charge in [-0.05, 0) is 38.1 Å². The zero-order valence-electron chi connectivity index (χ0n) is 13.7. The Morgan fingerprint density at radius 3 is 3.00 bits per heavy atom. The molecule has 3 rings (SSSR count). The number of amides is 1. The van der Waals surface area contributed by atoms with Gasteiger partial charge in [-0.3, -0.25) is 9.78 Å². The third-order valence-corrected chi connectivity index (χ3v) is 4.69. The van der Waals surface area contributed by atoms with Crippen LogP contribution in [0.2, 0.25) is 5.02 Å². The van der Waals surface area contributed by atoms with Crippen molar-refractivity contribution in [1.29, 1.82) is 0 Å². The Kier molecular flexibility index (Phi) is 5.43. The van der Waals surface area contributed by atoms with Gasteiger partial charge in [0, 0.05) is 30.2 Å². The summed E-state index contributed by atoms with van der Waals surface area (Å²) in [5, 5.41) is 3.50. The predicted octanol–water partition coefficient (Wildman–Crippen LogP) is 2.87. The van der Waals surface area contributed by atoms with Gasteiger partial charge >= 0.3 is 0 Å². The number of rotatable bonds is 4. The lowest BCUT2D eigenvalue weighted by Gasteiger charge is -2.29. The smallest absolute Gasteiger partial charge is 0.271 e. The fourth-order valence-electron chi connectivity index (χ4n) is 3.00. The van der Waals surface area contributed by atoms with E-state index in [0.717, 1.165) is 37.2 Å². The summed E-state index contributed by atoms with van der Waals surface area (Å²) in [7, 11) is 2.11. The number of halogens is 1. The highest BCUT2D eigenvalue weighted by Gasteiger charge is 2.21. The van der Waals surface area contributed by atoms with Gasteiger partial charge in [-0.1, -0.05) is 29.8 Å². The molecule has 1 amide bonds. The van der Waals surface area contributed by atoms with Gasteiger partial charge < -0.3 is 10.2 Å². The molecule has 126 valence electrons. The minimum absolute atomic E-state index is 0.228. The standard InChI is InChI=1S/C18H21ClN4O/c1-23-8-4-6-14(12-23)16-10-20-11-17(22-16)18(24)21-9-13-5-2-3-7-15(13)19/h2-3,5,7,10-11,14H,4,6,8-9,12H2,1H3,(H,21,24). The van der Waals surface area contributed by atoms with Gasteiger partial charge in [0.25, 0.3) is 5.91 Å². The summed E-state index contributed by atoms with van der Waals surface area (Å²) >= 11 is 6.11. The molecule has 24 heavy (non-hydrogen) atoms. The topological polar surface area (TPSA) is 58.1 Å². The fraction of sp³-hybridized carbons (Fsp3) is 0.389. The first kappa shape index (κ1) is 16.9. The number of likely N-dealkylation sites (N-methyl/N-ethyl adjacent to an activating group) is 1. The van der Waals surface area contributed by atoms with Crippen LogP contribution in [0.4, 0.5) is 0 Å². The zero-order valence-corrected chi connectivity index (χ0v) is 14.5. The van der Waals surface area contributed by atoms with Crippen LogP contribution in [0.25, 0.3) is 0 Å². The second-order valence-corrected chi connectivity index (χ2v) is 6.61. The number of aromatic nitrogens is 2. The van der Waals surface area contributed by atoms with E-state index < -0.39 is 0 Å². The summed E-state index contributed by atoms with van der Waals surface area (Å²) in [5.74, 6) is 0.112. The maximum Gasteiger partial charge on any atom is 0.271 e. The van der Waals surface area contributed by atoms with Crippen molar-refractivity contribution in [3.63, 3.8) is 0 Å². The Hall–Kier alpha value is -1.98. The molecule has 0 saturated carbocycles. The van der Waals surface area contributed by atoms with Crippen LogP contribution in [0.15, 0.2) is 36.7 Å². The normalized spacial score (nSPS) is 18.3. The van der Waals surface area contributed by atoms with Gasteiger partial charge in [0.1, 0.15) is 5.69 Å². The minimum Gasteiger partial charge on any atom is -0.347 e. The second kappa shape index (κ2) is 7.73. The molecular weight excluding hydrogens is 324 g/mol. The SMILES string of the molecule is CN1CCCC(c2cncc(C(=O)NCc3ccccc3Cl)n2)C1. The lowest BCUT2D eigenvalue weighted by molar-refractivity contribution is 0.0945. The quantitative estimate of drug-likeness (QED) is 0.926. The van der Waals surface area contributed by atoms with Crippen molar-refractivity contribution in [2.24, 2.45) is 0 Å². The van der Waals surface area contributed by atoms with Crippen LogP contribution >= 0.6 is 11.6 Å². The van der Waals surface area contributed by atoms with Crippen LogP contribution in [0.5, 0.6) is 0 Å². The van der Waals surface area contributed by atoms with Gasteiger partial charge in [-0.25, -0.2) is 4.98 Å². The molecule has 1 atom stereocenters. The molecule has 0 spiro atoms. The van der Waals surface area contributed by atoms with E-state index in [0.29, 0.717) is 23.2 Å². The minimum atomic E-state index is -0.228. The van der Waals surface area contributed by atoms with Crippen LogP contribution in [-0.4, -0.2) is 40.9 Å². The average molecular weight is 345 g/mol. The van der Waals surface area contributed by atoms with Gasteiger partial charge in [0.05, 0.1) is 11.9 Å². The molecule has 1 unspecified atom stereocenters. The summed E-state index contributed by atoms with van der Waals surface area (Å²) < 4.78 is 0. The molecule has 2 aromatic rings. The van der Waals surface area contributed by atoms with E-state index in [9.17, 15) is 4.79 Å². The van der Waals surface area contributed by atoms with Crippen LogP contribution in [0.1, 0.15) is 40.5 Å². The van der Waals surface area contributed by atoms with Crippen molar-refractivity contribution in [3.8, 4) is 0 Å². The number of carbonyl (C=O) groups excluding carboxylic acids is 1. The second-order valence-electron chi connectivity index (χ2n) is 6.20. The lowest BCUT2D eigenvalue weighted by atomic mass is 9.95. The number of likely N-dealkylation sites (tertiary alicyclic amines) is 1. The Morgan fingerprint density at radius 1 is 1.38 bits per heavy atom. The first-order valence-corrected chi connectivity index (χ1v) is 8.53. The molecule has 5 nitrogen and oxygen atoms in total. The molecule has 1 aliphatic rings. The Labute approximate surface area is 147 Å². The molecule has 1 aromatic carbocycles. The van der Waals surface area contributed by atoms with Gasteiger partial charge in [-0.2, -0.15) is 0 Å². The fourth-order valence-corrected chi connectivity index (χ4v) is 3.21. The Bertz CT molecular complexity index is 722. The van der Waals surface area contributed by atoms with E-state index in [1.807, 2.05) is 24.3 Å². The number of hydrogen-bond donors (Lipinski definition) is 1. The average Bonchev–Trinajstić information content (AvgIpc) is 2.61. The zero-order chi connectivity index (χ0) is 16.9. The van der Waals surface area contributed by atoms with E-state index in [1.54, 1.807) is 6.20 Å². The third-order valence-electron chi connectivity index (χ3n) is 4.33. The van der Waals surface area contributed by atoms with Crippen molar-refractivity contribution in [2.75, 3.05) is 20.1 Å². The van der Waals surface area contributed by atoms with Crippen molar-refractivity contribution >= 4 is 17.5 Å². The number of piperidine rings is 1. The van der Waals surface area contributed by atoms with Crippen LogP contribution in [0.3, 0.4) is 0 Å². The summed E-state index contributed by atoms with van der Waals surface area (Å²) in [6.45, 7) is 2.44. The third kappa shape index (κ3) is 4.10. The highest BCUT2D eigenvalue weighted by Crippen LogP contribution is 2.24. The van der Waals surface area contributed by atoms with Crippen LogP contribution < -0.4 is 5.32 Å². The molecule has 1 fully saturated rings. The molecule has 1 saturated heterocycles. The van der Waals surface area contributed by atoms with E-state index in [1.165, 1.54) is 6.20 Å². The molecular formula is C18H21ClN4O. The monoisotopic (exact) mass is 344 g/mol. The van der Waals surface area contributed by atoms with E-state index >= 15 is 0 Å². The molecule has 0 bridgehead atoms. The number of carbonyl (C=O) groups is 1. The first-order chi connectivity index (χ1) is 11.6. The van der Waals surface area contributed by atoms with Crippen molar-refractivity contribution in [3.05, 3.63) is 58.6 Å². The Balaban J connectivity index is 1.67. The molecule has 1 aromatic heterocycles. The maximum absolute atomic E-state index is 12.4. The van der Waals surface area contributed by atoms with Gasteiger partial charge in [-0.15, -0.1) is 0 Å². The van der Waals surface area contributed by atoms with Crippen molar-refractivity contribution in [2.45, 2.75) is 25.3 Å². The maximum atomic E-state index is 12.4. The lowest BCUT2D eigenvalue weighted by Crippen LogP contribution is -2.32. The molecule has 0 radical (unpaired) electrons. The first-order valence-electron chi connectivity index (χ1n) is 8.15. The van der Waals surface area contributed by atoms with E-state index in [4.69, 9.17) is 11.6 Å². The molecule has 0 aliphatic carbocycles. The van der Waals surface area contributed by atoms with Crippen LogP contribution in [0, 0.1) is 0 Å². The summed E-state index contributed by atoms with van der Waals surface area (Å²) in [5.41, 5.74) is 2.13. The highest BCUT2D eigenvalue weighted by atomic mass is 35.5.